The maximum Gasteiger partial charge on any atom is 0.160 e. The van der Waals surface area contributed by atoms with Gasteiger partial charge < -0.3 is 4.90 Å². The van der Waals surface area contributed by atoms with Crippen molar-refractivity contribution in [2.75, 3.05) is 24.5 Å². The average Bonchev–Trinajstić information content (AvgIpc) is 2.84. The first-order valence-corrected chi connectivity index (χ1v) is 8.16. The van der Waals surface area contributed by atoms with Crippen LogP contribution in [0.4, 0.5) is 5.69 Å². The topological polar surface area (TPSA) is 23.6 Å². The molecule has 108 valence electrons. The molecule has 2 atom stereocenters. The van der Waals surface area contributed by atoms with E-state index in [2.05, 4.69) is 44.8 Å². The van der Waals surface area contributed by atoms with Crippen LogP contribution in [0.25, 0.3) is 0 Å². The molecule has 3 rings (SSSR count). The second-order valence-corrected chi connectivity index (χ2v) is 6.87. The quantitative estimate of drug-likeness (QED) is 0.774. The lowest BCUT2D eigenvalue weighted by Gasteiger charge is -2.43. The van der Waals surface area contributed by atoms with Gasteiger partial charge in [0.2, 0.25) is 0 Å². The second-order valence-electron chi connectivity index (χ2n) is 6.01. The van der Waals surface area contributed by atoms with Crippen molar-refractivity contribution >= 4 is 27.4 Å². The highest BCUT2D eigenvalue weighted by Crippen LogP contribution is 2.31. The van der Waals surface area contributed by atoms with Crippen molar-refractivity contribution in [2.45, 2.75) is 38.8 Å². The van der Waals surface area contributed by atoms with Gasteiger partial charge in [0.05, 0.1) is 0 Å². The molecule has 0 aromatic heterocycles. The van der Waals surface area contributed by atoms with Crippen LogP contribution >= 0.6 is 15.9 Å². The molecule has 4 heteroatoms. The number of carbonyl (C=O) groups is 1. The SMILES string of the molecule is CC(=O)c1ccc(N2CC3CCCN3CC2C)cc1Br. The summed E-state index contributed by atoms with van der Waals surface area (Å²) in [6.45, 7) is 7.42. The molecule has 2 aliphatic rings. The number of benzene rings is 1. The summed E-state index contributed by atoms with van der Waals surface area (Å²) in [5.74, 6) is 0.108. The highest BCUT2D eigenvalue weighted by Gasteiger charge is 2.34. The van der Waals surface area contributed by atoms with Crippen molar-refractivity contribution in [3.8, 4) is 0 Å². The van der Waals surface area contributed by atoms with Gasteiger partial charge in [-0.05, 0) is 67.4 Å². The zero-order chi connectivity index (χ0) is 14.3. The molecular weight excluding hydrogens is 316 g/mol. The van der Waals surface area contributed by atoms with Gasteiger partial charge in [0.15, 0.2) is 5.78 Å². The normalized spacial score (nSPS) is 26.6. The van der Waals surface area contributed by atoms with Crippen molar-refractivity contribution in [1.29, 1.82) is 0 Å². The van der Waals surface area contributed by atoms with Crippen LogP contribution in [0.15, 0.2) is 22.7 Å². The summed E-state index contributed by atoms with van der Waals surface area (Å²) in [6.07, 6.45) is 2.65. The van der Waals surface area contributed by atoms with Gasteiger partial charge in [-0.25, -0.2) is 0 Å². The number of Topliss-reactive ketones (excluding diaryl/α,β-unsaturated/α-hetero) is 1. The molecule has 2 unspecified atom stereocenters. The Morgan fingerprint density at radius 3 is 2.85 bits per heavy atom. The molecule has 2 heterocycles. The molecule has 20 heavy (non-hydrogen) atoms. The fraction of sp³-hybridized carbons (Fsp3) is 0.562. The van der Waals surface area contributed by atoms with Gasteiger partial charge in [-0.2, -0.15) is 0 Å². The molecule has 3 nitrogen and oxygen atoms in total. The highest BCUT2D eigenvalue weighted by atomic mass is 79.9. The van der Waals surface area contributed by atoms with Crippen LogP contribution in [0.1, 0.15) is 37.0 Å². The number of rotatable bonds is 2. The summed E-state index contributed by atoms with van der Waals surface area (Å²) in [4.78, 5) is 16.6. The minimum absolute atomic E-state index is 0.108. The molecule has 2 fully saturated rings. The van der Waals surface area contributed by atoms with Crippen LogP contribution in [-0.4, -0.2) is 42.4 Å². The van der Waals surface area contributed by atoms with E-state index in [4.69, 9.17) is 0 Å². The Balaban J connectivity index is 1.85. The number of carbonyl (C=O) groups excluding carboxylic acids is 1. The van der Waals surface area contributed by atoms with E-state index < -0.39 is 0 Å². The molecule has 2 saturated heterocycles. The molecule has 0 aliphatic carbocycles. The molecule has 0 saturated carbocycles. The number of ketones is 1. The van der Waals surface area contributed by atoms with E-state index >= 15 is 0 Å². The number of nitrogens with zero attached hydrogens (tertiary/aromatic N) is 2. The molecule has 1 aromatic carbocycles. The van der Waals surface area contributed by atoms with Crippen molar-refractivity contribution in [1.82, 2.24) is 4.90 Å². The minimum Gasteiger partial charge on any atom is -0.366 e. The van der Waals surface area contributed by atoms with Crippen molar-refractivity contribution in [2.24, 2.45) is 0 Å². The third-order valence-corrected chi connectivity index (χ3v) is 5.26. The summed E-state index contributed by atoms with van der Waals surface area (Å²) in [5.41, 5.74) is 1.99. The van der Waals surface area contributed by atoms with Crippen molar-refractivity contribution in [3.63, 3.8) is 0 Å². The number of anilines is 1. The predicted octanol–water partition coefficient (Wildman–Crippen LogP) is 3.32. The van der Waals surface area contributed by atoms with Crippen LogP contribution in [0.5, 0.6) is 0 Å². The number of fused-ring (bicyclic) bond motifs is 1. The van der Waals surface area contributed by atoms with E-state index in [9.17, 15) is 4.79 Å². The lowest BCUT2D eigenvalue weighted by molar-refractivity contribution is 0.101. The van der Waals surface area contributed by atoms with Gasteiger partial charge in [-0.1, -0.05) is 0 Å². The summed E-state index contributed by atoms with van der Waals surface area (Å²) >= 11 is 3.53. The summed E-state index contributed by atoms with van der Waals surface area (Å²) in [6, 6.07) is 7.35. The van der Waals surface area contributed by atoms with Crippen LogP contribution < -0.4 is 4.90 Å². The Bertz CT molecular complexity index is 531. The Kier molecular flexibility index (Phi) is 3.87. The molecular formula is C16H21BrN2O. The predicted molar refractivity (Wildman–Crippen MR) is 85.5 cm³/mol. The third-order valence-electron chi connectivity index (χ3n) is 4.60. The molecule has 0 N–H and O–H groups in total. The summed E-state index contributed by atoms with van der Waals surface area (Å²) in [7, 11) is 0. The largest absolute Gasteiger partial charge is 0.366 e. The molecule has 0 radical (unpaired) electrons. The highest BCUT2D eigenvalue weighted by molar-refractivity contribution is 9.10. The zero-order valence-corrected chi connectivity index (χ0v) is 13.7. The third kappa shape index (κ3) is 2.51. The monoisotopic (exact) mass is 336 g/mol. The first-order valence-electron chi connectivity index (χ1n) is 7.37. The van der Waals surface area contributed by atoms with Crippen LogP contribution in [0.2, 0.25) is 0 Å². The first-order chi connectivity index (χ1) is 9.56. The van der Waals surface area contributed by atoms with Gasteiger partial charge in [-0.15, -0.1) is 0 Å². The molecule has 2 aliphatic heterocycles. The smallest absolute Gasteiger partial charge is 0.160 e. The van der Waals surface area contributed by atoms with E-state index in [1.807, 2.05) is 6.07 Å². The average molecular weight is 337 g/mol. The van der Waals surface area contributed by atoms with E-state index in [1.54, 1.807) is 6.92 Å². The van der Waals surface area contributed by atoms with Gasteiger partial charge in [0.1, 0.15) is 0 Å². The van der Waals surface area contributed by atoms with Crippen molar-refractivity contribution < 1.29 is 4.79 Å². The van der Waals surface area contributed by atoms with Crippen molar-refractivity contribution in [3.05, 3.63) is 28.2 Å². The number of halogens is 1. The molecule has 1 aromatic rings. The maximum atomic E-state index is 11.5. The van der Waals surface area contributed by atoms with Crippen LogP contribution in [-0.2, 0) is 0 Å². The minimum atomic E-state index is 0.108. The second kappa shape index (κ2) is 5.49. The Hall–Kier alpha value is -0.870. The lowest BCUT2D eigenvalue weighted by atomic mass is 10.1. The molecule has 0 bridgehead atoms. The van der Waals surface area contributed by atoms with Gasteiger partial charge in [0, 0.05) is 40.9 Å². The summed E-state index contributed by atoms with van der Waals surface area (Å²) < 4.78 is 0.906. The fourth-order valence-electron chi connectivity index (χ4n) is 3.52. The Morgan fingerprint density at radius 2 is 2.15 bits per heavy atom. The Labute approximate surface area is 129 Å². The Morgan fingerprint density at radius 1 is 1.35 bits per heavy atom. The van der Waals surface area contributed by atoms with E-state index in [1.165, 1.54) is 25.1 Å². The standard InChI is InChI=1S/C16H21BrN2O/c1-11-9-18-7-3-4-14(18)10-19(11)13-5-6-15(12(2)20)16(17)8-13/h5-6,8,11,14H,3-4,7,9-10H2,1-2H3. The zero-order valence-electron chi connectivity index (χ0n) is 12.1. The number of hydrogen-bond acceptors (Lipinski definition) is 3. The van der Waals surface area contributed by atoms with E-state index in [0.717, 1.165) is 23.1 Å². The van der Waals surface area contributed by atoms with E-state index in [-0.39, 0.29) is 5.78 Å². The maximum absolute atomic E-state index is 11.5. The molecule has 0 amide bonds. The van der Waals surface area contributed by atoms with Gasteiger partial charge in [-0.3, -0.25) is 9.69 Å². The first kappa shape index (κ1) is 14.1. The van der Waals surface area contributed by atoms with Crippen LogP contribution in [0.3, 0.4) is 0 Å². The van der Waals surface area contributed by atoms with Gasteiger partial charge in [0.25, 0.3) is 0 Å². The lowest BCUT2D eigenvalue weighted by Crippen LogP contribution is -2.55. The number of piperazine rings is 1. The van der Waals surface area contributed by atoms with Gasteiger partial charge >= 0.3 is 0 Å². The number of hydrogen-bond donors (Lipinski definition) is 0. The molecule has 0 spiro atoms. The fourth-order valence-corrected chi connectivity index (χ4v) is 4.16. The summed E-state index contributed by atoms with van der Waals surface area (Å²) in [5, 5.41) is 0. The van der Waals surface area contributed by atoms with Crippen LogP contribution in [0, 0.1) is 0 Å². The van der Waals surface area contributed by atoms with E-state index in [0.29, 0.717) is 12.1 Å².